The number of carbonyl (C=O) groups is 2. The van der Waals surface area contributed by atoms with Crippen molar-refractivity contribution in [1.82, 2.24) is 9.62 Å². The van der Waals surface area contributed by atoms with Crippen molar-refractivity contribution >= 4 is 29.8 Å². The minimum absolute atomic E-state index is 0.0473. The summed E-state index contributed by atoms with van der Waals surface area (Å²) in [7, 11) is 3.77. The van der Waals surface area contributed by atoms with Crippen LogP contribution in [0.1, 0.15) is 53.4 Å². The zero-order valence-electron chi connectivity index (χ0n) is 20.5. The van der Waals surface area contributed by atoms with Crippen LogP contribution in [0.5, 0.6) is 0 Å². The standard InChI is InChI=1S/C13H24N2O.C11H14N2O3S/c1-8-4-9-5-10(11(8)15-3)7-13(2,6-9)12(14)16;1-11(2,8-14)12(3)17-10-7-5-4-6-9(10)13(15)16/h8-11,15H,4-7H2,1-3H3,(H2,14,16);4-8H,1-3H3. The summed E-state index contributed by atoms with van der Waals surface area (Å²) in [5, 5.41) is 14.3. The van der Waals surface area contributed by atoms with Gasteiger partial charge in [0.25, 0.3) is 5.69 Å². The number of para-hydroxylation sites is 1. The van der Waals surface area contributed by atoms with E-state index in [0.717, 1.165) is 25.0 Å². The number of aldehydes is 1. The van der Waals surface area contributed by atoms with E-state index in [1.54, 1.807) is 43.4 Å². The number of fused-ring (bicyclic) bond motifs is 2. The average molecular weight is 479 g/mol. The number of hydrogen-bond donors (Lipinski definition) is 2. The molecule has 0 spiro atoms. The number of rotatable bonds is 7. The molecule has 9 heteroatoms. The van der Waals surface area contributed by atoms with Gasteiger partial charge in [0.1, 0.15) is 11.2 Å². The van der Waals surface area contributed by atoms with Gasteiger partial charge in [-0.1, -0.05) is 26.0 Å². The number of carbonyl (C=O) groups excluding carboxylic acids is 2. The van der Waals surface area contributed by atoms with E-state index in [9.17, 15) is 19.7 Å². The first-order valence-electron chi connectivity index (χ1n) is 11.4. The Balaban J connectivity index is 0.000000234. The molecule has 5 atom stereocenters. The lowest BCUT2D eigenvalue weighted by Crippen LogP contribution is -2.52. The van der Waals surface area contributed by atoms with Crippen LogP contribution in [0.25, 0.3) is 0 Å². The lowest BCUT2D eigenvalue weighted by molar-refractivity contribution is -0.387. The van der Waals surface area contributed by atoms with Crippen molar-refractivity contribution in [3.8, 4) is 0 Å². The number of benzene rings is 1. The summed E-state index contributed by atoms with van der Waals surface area (Å²) in [6.45, 7) is 7.88. The second-order valence-electron chi connectivity index (χ2n) is 10.3. The Hall–Kier alpha value is -1.97. The molecule has 2 fully saturated rings. The van der Waals surface area contributed by atoms with Gasteiger partial charge in [-0.25, -0.2) is 4.31 Å². The number of amides is 1. The van der Waals surface area contributed by atoms with Crippen molar-refractivity contribution in [2.24, 2.45) is 28.9 Å². The molecule has 1 aromatic rings. The number of likely N-dealkylation sites (N-methyl/N-ethyl adjacent to an activating group) is 1. The molecule has 1 amide bonds. The highest BCUT2D eigenvalue weighted by molar-refractivity contribution is 7.97. The highest BCUT2D eigenvalue weighted by Crippen LogP contribution is 2.50. The van der Waals surface area contributed by atoms with E-state index >= 15 is 0 Å². The Morgan fingerprint density at radius 3 is 2.52 bits per heavy atom. The van der Waals surface area contributed by atoms with Gasteiger partial charge in [-0.15, -0.1) is 0 Å². The molecule has 2 bridgehead atoms. The molecule has 33 heavy (non-hydrogen) atoms. The van der Waals surface area contributed by atoms with Gasteiger partial charge in [0.2, 0.25) is 5.91 Å². The molecule has 1 aromatic carbocycles. The first-order chi connectivity index (χ1) is 15.3. The smallest absolute Gasteiger partial charge is 0.284 e. The SMILES string of the molecule is CN(Sc1ccccc1[N+](=O)[O-])C(C)(C)C=O.CNC1C(C)CC2CC1CC(C)(C(N)=O)C2. The summed E-state index contributed by atoms with van der Waals surface area (Å²) < 4.78 is 1.70. The van der Waals surface area contributed by atoms with Crippen molar-refractivity contribution in [1.29, 1.82) is 0 Å². The van der Waals surface area contributed by atoms with Gasteiger partial charge in [0.05, 0.1) is 10.5 Å². The van der Waals surface area contributed by atoms with Crippen LogP contribution in [0.15, 0.2) is 29.2 Å². The van der Waals surface area contributed by atoms with Crippen LogP contribution in [0.3, 0.4) is 0 Å². The molecule has 2 saturated carbocycles. The molecule has 5 unspecified atom stereocenters. The summed E-state index contributed by atoms with van der Waals surface area (Å²) in [6, 6.07) is 7.03. The van der Waals surface area contributed by atoms with Crippen molar-refractivity contribution in [3.05, 3.63) is 34.4 Å². The molecule has 3 rings (SSSR count). The van der Waals surface area contributed by atoms with Crippen LogP contribution in [0.2, 0.25) is 0 Å². The van der Waals surface area contributed by atoms with Crippen molar-refractivity contribution in [2.45, 2.75) is 69.9 Å². The second kappa shape index (κ2) is 11.0. The normalized spacial score (nSPS) is 29.1. The predicted molar refractivity (Wildman–Crippen MR) is 132 cm³/mol. The van der Waals surface area contributed by atoms with E-state index in [2.05, 4.69) is 19.2 Å². The van der Waals surface area contributed by atoms with Crippen LogP contribution < -0.4 is 11.1 Å². The van der Waals surface area contributed by atoms with E-state index in [0.29, 0.717) is 22.8 Å². The van der Waals surface area contributed by atoms with E-state index in [1.165, 1.54) is 30.9 Å². The topological polar surface area (TPSA) is 119 Å². The predicted octanol–water partition coefficient (Wildman–Crippen LogP) is 4.03. The molecular weight excluding hydrogens is 440 g/mol. The van der Waals surface area contributed by atoms with E-state index in [4.69, 9.17) is 5.73 Å². The maximum Gasteiger partial charge on any atom is 0.284 e. The molecule has 0 heterocycles. The minimum atomic E-state index is -0.672. The summed E-state index contributed by atoms with van der Waals surface area (Å²) in [4.78, 5) is 33.4. The number of primary amides is 1. The van der Waals surface area contributed by atoms with Gasteiger partial charge in [-0.05, 0) is 89.4 Å². The number of nitrogens with one attached hydrogen (secondary N) is 1. The number of nitro benzene ring substituents is 1. The second-order valence-corrected chi connectivity index (χ2v) is 11.5. The Morgan fingerprint density at radius 1 is 1.33 bits per heavy atom. The monoisotopic (exact) mass is 478 g/mol. The Morgan fingerprint density at radius 2 is 1.97 bits per heavy atom. The van der Waals surface area contributed by atoms with Crippen LogP contribution in [-0.4, -0.2) is 47.1 Å². The summed E-state index contributed by atoms with van der Waals surface area (Å²) in [5.41, 5.74) is 4.68. The Bertz CT molecular complexity index is 863. The Kier molecular flexibility index (Phi) is 9.07. The molecule has 0 aliphatic heterocycles. The lowest BCUT2D eigenvalue weighted by Gasteiger charge is -2.49. The molecular formula is C24H38N4O4S. The quantitative estimate of drug-likeness (QED) is 0.263. The fourth-order valence-electron chi connectivity index (χ4n) is 5.23. The van der Waals surface area contributed by atoms with Gasteiger partial charge in [-0.2, -0.15) is 0 Å². The van der Waals surface area contributed by atoms with E-state index in [1.807, 2.05) is 7.05 Å². The van der Waals surface area contributed by atoms with Crippen molar-refractivity contribution in [2.75, 3.05) is 14.1 Å². The van der Waals surface area contributed by atoms with Gasteiger partial charge in [0, 0.05) is 17.5 Å². The van der Waals surface area contributed by atoms with Crippen molar-refractivity contribution < 1.29 is 14.5 Å². The van der Waals surface area contributed by atoms with Gasteiger partial charge >= 0.3 is 0 Å². The van der Waals surface area contributed by atoms with Crippen LogP contribution >= 0.6 is 11.9 Å². The molecule has 0 saturated heterocycles. The maximum atomic E-state index is 11.6. The fourth-order valence-corrected chi connectivity index (χ4v) is 6.18. The molecule has 0 radical (unpaired) electrons. The molecule has 3 N–H and O–H groups in total. The zero-order chi connectivity index (χ0) is 25.0. The van der Waals surface area contributed by atoms with Crippen molar-refractivity contribution in [3.63, 3.8) is 0 Å². The third-order valence-corrected chi connectivity index (χ3v) is 8.53. The highest BCUT2D eigenvalue weighted by atomic mass is 32.2. The first-order valence-corrected chi connectivity index (χ1v) is 12.2. The van der Waals surface area contributed by atoms with E-state index < -0.39 is 10.5 Å². The zero-order valence-corrected chi connectivity index (χ0v) is 21.4. The number of nitrogens with zero attached hydrogens (tertiary/aromatic N) is 2. The highest BCUT2D eigenvalue weighted by Gasteiger charge is 2.47. The minimum Gasteiger partial charge on any atom is -0.369 e. The van der Waals surface area contributed by atoms with Crippen LogP contribution in [0.4, 0.5) is 5.69 Å². The molecule has 8 nitrogen and oxygen atoms in total. The third kappa shape index (κ3) is 6.55. The van der Waals surface area contributed by atoms with Gasteiger partial charge in [0.15, 0.2) is 0 Å². The lowest BCUT2D eigenvalue weighted by atomic mass is 9.57. The number of nitrogens with two attached hydrogens (primary N) is 1. The molecule has 184 valence electrons. The average Bonchev–Trinajstić information content (AvgIpc) is 2.74. The van der Waals surface area contributed by atoms with Gasteiger partial charge in [-0.3, -0.25) is 14.9 Å². The fraction of sp³-hybridized carbons (Fsp3) is 0.667. The number of hydrogen-bond acceptors (Lipinski definition) is 7. The van der Waals surface area contributed by atoms with Gasteiger partial charge < -0.3 is 15.8 Å². The summed E-state index contributed by atoms with van der Waals surface area (Å²) in [6.07, 6.45) is 5.30. The summed E-state index contributed by atoms with van der Waals surface area (Å²) in [5.74, 6) is 1.96. The largest absolute Gasteiger partial charge is 0.369 e. The summed E-state index contributed by atoms with van der Waals surface area (Å²) >= 11 is 1.19. The van der Waals surface area contributed by atoms with E-state index in [-0.39, 0.29) is 17.0 Å². The molecule has 0 aromatic heterocycles. The van der Waals surface area contributed by atoms with Crippen LogP contribution in [-0.2, 0) is 9.59 Å². The molecule has 2 aliphatic rings. The third-order valence-electron chi connectivity index (χ3n) is 7.24. The first kappa shape index (κ1) is 27.3. The van der Waals surface area contributed by atoms with Crippen LogP contribution in [0, 0.1) is 33.3 Å². The number of nitro groups is 1. The maximum absolute atomic E-state index is 11.6. The Labute approximate surface area is 201 Å². The molecule has 2 aliphatic carbocycles.